The summed E-state index contributed by atoms with van der Waals surface area (Å²) in [7, 11) is 1.60. The molecule has 0 radical (unpaired) electrons. The van der Waals surface area contributed by atoms with E-state index in [4.69, 9.17) is 17.0 Å². The molecule has 0 bridgehead atoms. The monoisotopic (exact) mass is 479 g/mol. The van der Waals surface area contributed by atoms with Crippen LogP contribution in [0.15, 0.2) is 41.5 Å². The summed E-state index contributed by atoms with van der Waals surface area (Å²) < 4.78 is 48.5. The van der Waals surface area contributed by atoms with Gasteiger partial charge in [-0.2, -0.15) is 18.3 Å². The maximum Gasteiger partial charge on any atom is 0.416 e. The average molecular weight is 479 g/mol. The second-order valence-corrected chi connectivity index (χ2v) is 8.48. The Labute approximate surface area is 198 Å². The molecule has 1 fully saturated rings. The summed E-state index contributed by atoms with van der Waals surface area (Å²) in [6, 6.07) is 6.97. The lowest BCUT2D eigenvalue weighted by atomic mass is 9.91. The molecule has 1 aliphatic carbocycles. The summed E-state index contributed by atoms with van der Waals surface area (Å²) in [4.78, 5) is 20.1. The number of hydrogen-bond acceptors (Lipinski definition) is 5. The van der Waals surface area contributed by atoms with Crippen LogP contribution in [0.1, 0.15) is 34.3 Å². The first-order valence-electron chi connectivity index (χ1n) is 10.9. The molecule has 5 rings (SSSR count). The van der Waals surface area contributed by atoms with Crippen LogP contribution in [0.3, 0.4) is 0 Å². The zero-order valence-corrected chi connectivity index (χ0v) is 18.7. The Kier molecular flexibility index (Phi) is 5.44. The summed E-state index contributed by atoms with van der Waals surface area (Å²) >= 11 is 0. The van der Waals surface area contributed by atoms with E-state index in [-0.39, 0.29) is 42.0 Å². The number of benzene rings is 2. The number of hydrogen-bond donors (Lipinski definition) is 1. The molecule has 35 heavy (non-hydrogen) atoms. The van der Waals surface area contributed by atoms with Gasteiger partial charge in [0.15, 0.2) is 5.78 Å². The van der Waals surface area contributed by atoms with Crippen molar-refractivity contribution in [3.8, 4) is 28.1 Å². The number of Topliss-reactive ketones (excluding diaryl/α,β-unsaturated/α-hetero) is 1. The van der Waals surface area contributed by atoms with Crippen molar-refractivity contribution in [3.63, 3.8) is 0 Å². The maximum absolute atomic E-state index is 13.8. The number of nitrogens with two attached hydrogens (primary N) is 1. The van der Waals surface area contributed by atoms with Gasteiger partial charge in [0.1, 0.15) is 12.3 Å². The molecule has 0 unspecified atom stereocenters. The Hall–Kier alpha value is -3.97. The number of carbonyl (C=O) groups is 1. The van der Waals surface area contributed by atoms with Crippen LogP contribution < -0.4 is 10.5 Å². The van der Waals surface area contributed by atoms with Gasteiger partial charge in [-0.25, -0.2) is 4.85 Å². The first-order valence-corrected chi connectivity index (χ1v) is 10.9. The molecule has 10 heteroatoms. The number of ether oxygens (including phenoxy) is 1. The highest BCUT2D eigenvalue weighted by molar-refractivity contribution is 6.16. The van der Waals surface area contributed by atoms with Gasteiger partial charge in [0, 0.05) is 35.8 Å². The third-order valence-electron chi connectivity index (χ3n) is 6.07. The molecule has 2 aromatic carbocycles. The molecule has 1 aromatic heterocycles. The maximum atomic E-state index is 13.8. The fourth-order valence-electron chi connectivity index (χ4n) is 4.20. The van der Waals surface area contributed by atoms with E-state index in [0.29, 0.717) is 33.7 Å². The van der Waals surface area contributed by atoms with Crippen molar-refractivity contribution in [1.82, 2.24) is 9.78 Å². The number of alkyl halides is 3. The minimum absolute atomic E-state index is 0.00732. The molecule has 0 amide bonds. The van der Waals surface area contributed by atoms with Crippen LogP contribution >= 0.6 is 0 Å². The number of rotatable bonds is 5. The second-order valence-electron chi connectivity index (χ2n) is 8.48. The summed E-state index contributed by atoms with van der Waals surface area (Å²) in [5.74, 6) is -0.224. The molecule has 7 nitrogen and oxygen atoms in total. The van der Waals surface area contributed by atoms with E-state index in [1.807, 2.05) is 0 Å². The number of ketones is 1. The van der Waals surface area contributed by atoms with Crippen LogP contribution in [0.2, 0.25) is 0 Å². The molecule has 0 spiro atoms. The largest absolute Gasteiger partial charge is 0.501 e. The number of aliphatic imine (C=N–C) groups is 1. The molecule has 0 atom stereocenters. The SMILES string of the molecule is [C-]#[N+]c1c(OC2CC2)cc(C(F)(F)F)cc1-c1c(-c2ccc3c(c2)C(CN)=NCC3=O)cnn1C. The van der Waals surface area contributed by atoms with Crippen LogP contribution in [0, 0.1) is 6.57 Å². The Balaban J connectivity index is 1.72. The molecule has 2 heterocycles. The van der Waals surface area contributed by atoms with Gasteiger partial charge < -0.3 is 10.5 Å². The van der Waals surface area contributed by atoms with E-state index in [1.165, 1.54) is 10.9 Å². The van der Waals surface area contributed by atoms with Crippen molar-refractivity contribution in [2.45, 2.75) is 25.1 Å². The first kappa shape index (κ1) is 22.8. The molecular formula is C25H20F3N5O2. The van der Waals surface area contributed by atoms with E-state index in [1.54, 1.807) is 25.2 Å². The minimum atomic E-state index is -4.63. The highest BCUT2D eigenvalue weighted by atomic mass is 19.4. The van der Waals surface area contributed by atoms with Gasteiger partial charge in [-0.3, -0.25) is 14.5 Å². The quantitative estimate of drug-likeness (QED) is 0.532. The average Bonchev–Trinajstić information content (AvgIpc) is 3.56. The lowest BCUT2D eigenvalue weighted by Crippen LogP contribution is -2.24. The number of halogens is 3. The predicted octanol–water partition coefficient (Wildman–Crippen LogP) is 4.81. The molecule has 1 saturated carbocycles. The van der Waals surface area contributed by atoms with E-state index in [2.05, 4.69) is 14.9 Å². The van der Waals surface area contributed by atoms with Crippen molar-refractivity contribution in [2.75, 3.05) is 13.1 Å². The van der Waals surface area contributed by atoms with Crippen LogP contribution in [-0.2, 0) is 13.2 Å². The van der Waals surface area contributed by atoms with Gasteiger partial charge in [0.25, 0.3) is 0 Å². The van der Waals surface area contributed by atoms with Gasteiger partial charge in [-0.05, 0) is 30.5 Å². The van der Waals surface area contributed by atoms with Gasteiger partial charge in [-0.15, -0.1) is 0 Å². The molecule has 2 N–H and O–H groups in total. The van der Waals surface area contributed by atoms with Crippen molar-refractivity contribution >= 4 is 17.2 Å². The van der Waals surface area contributed by atoms with Crippen LogP contribution in [0.4, 0.5) is 18.9 Å². The lowest BCUT2D eigenvalue weighted by Gasteiger charge is -2.18. The predicted molar refractivity (Wildman–Crippen MR) is 124 cm³/mol. The summed E-state index contributed by atoms with van der Waals surface area (Å²) in [6.07, 6.45) is -1.83. The lowest BCUT2D eigenvalue weighted by molar-refractivity contribution is -0.137. The molecule has 3 aromatic rings. The number of aryl methyl sites for hydroxylation is 1. The topological polar surface area (TPSA) is 86.9 Å². The third kappa shape index (κ3) is 4.08. The second kappa shape index (κ2) is 8.36. The normalized spacial score (nSPS) is 15.4. The Morgan fingerprint density at radius 2 is 1.94 bits per heavy atom. The van der Waals surface area contributed by atoms with Gasteiger partial charge in [0.05, 0.1) is 35.8 Å². The Bertz CT molecular complexity index is 1430. The highest BCUT2D eigenvalue weighted by Crippen LogP contribution is 2.47. The number of aromatic nitrogens is 2. The first-order chi connectivity index (χ1) is 16.7. The molecule has 178 valence electrons. The van der Waals surface area contributed by atoms with Gasteiger partial charge >= 0.3 is 6.18 Å². The van der Waals surface area contributed by atoms with Crippen molar-refractivity contribution in [3.05, 3.63) is 64.6 Å². The number of nitrogens with zero attached hydrogens (tertiary/aromatic N) is 4. The molecular weight excluding hydrogens is 459 g/mol. The Morgan fingerprint density at radius 3 is 2.60 bits per heavy atom. The number of carbonyl (C=O) groups excluding carboxylic acids is 1. The highest BCUT2D eigenvalue weighted by Gasteiger charge is 2.35. The fraction of sp³-hybridized carbons (Fsp3) is 0.280. The summed E-state index contributed by atoms with van der Waals surface area (Å²) in [5.41, 5.74) is 8.09. The van der Waals surface area contributed by atoms with E-state index >= 15 is 0 Å². The standard InChI is InChI=1S/C25H20F3N5O2/c1-30-23-18(8-14(25(26,27)28)9-22(23)35-15-4-5-15)24-19(11-32-33(24)2)13-3-6-16-17(7-13)20(10-29)31-12-21(16)34/h3,6-9,11,15H,4-5,10,12,29H2,2H3. The summed E-state index contributed by atoms with van der Waals surface area (Å²) in [6.45, 7) is 7.90. The van der Waals surface area contributed by atoms with E-state index < -0.39 is 11.7 Å². The van der Waals surface area contributed by atoms with E-state index in [9.17, 15) is 18.0 Å². The van der Waals surface area contributed by atoms with Crippen LogP contribution in [-0.4, -0.2) is 40.5 Å². The van der Waals surface area contributed by atoms with Crippen molar-refractivity contribution in [2.24, 2.45) is 17.8 Å². The molecule has 0 saturated heterocycles. The van der Waals surface area contributed by atoms with Crippen LogP contribution in [0.25, 0.3) is 27.2 Å². The Morgan fingerprint density at radius 1 is 1.17 bits per heavy atom. The summed E-state index contributed by atoms with van der Waals surface area (Å²) in [5, 5.41) is 4.28. The number of fused-ring (bicyclic) bond motifs is 1. The van der Waals surface area contributed by atoms with Crippen molar-refractivity contribution < 1.29 is 22.7 Å². The molecule has 2 aliphatic rings. The molecule has 1 aliphatic heterocycles. The smallest absolute Gasteiger partial charge is 0.416 e. The fourth-order valence-corrected chi connectivity index (χ4v) is 4.20. The van der Waals surface area contributed by atoms with Gasteiger partial charge in [0.2, 0.25) is 5.69 Å². The minimum Gasteiger partial charge on any atom is -0.501 e. The zero-order valence-electron chi connectivity index (χ0n) is 18.7. The van der Waals surface area contributed by atoms with E-state index in [0.717, 1.165) is 25.0 Å². The van der Waals surface area contributed by atoms with Gasteiger partial charge in [-0.1, -0.05) is 18.2 Å². The third-order valence-corrected chi connectivity index (χ3v) is 6.07. The van der Waals surface area contributed by atoms with Crippen LogP contribution in [0.5, 0.6) is 5.75 Å². The zero-order chi connectivity index (χ0) is 24.9. The van der Waals surface area contributed by atoms with Crippen molar-refractivity contribution in [1.29, 1.82) is 0 Å².